The van der Waals surface area contributed by atoms with E-state index in [2.05, 4.69) is 56.4 Å². The molecule has 2 atom stereocenters. The van der Waals surface area contributed by atoms with E-state index in [4.69, 9.17) is 0 Å². The Hall–Kier alpha value is -0.820. The molecule has 0 amide bonds. The van der Waals surface area contributed by atoms with Crippen LogP contribution in [0.4, 0.5) is 0 Å². The summed E-state index contributed by atoms with van der Waals surface area (Å²) < 4.78 is 0. The topological polar surface area (TPSA) is 12.0 Å². The Morgan fingerprint density at radius 2 is 1.93 bits per heavy atom. The van der Waals surface area contributed by atoms with E-state index >= 15 is 0 Å². The second kappa shape index (κ2) is 3.97. The zero-order chi connectivity index (χ0) is 10.9. The van der Waals surface area contributed by atoms with E-state index in [1.54, 1.807) is 0 Å². The first-order valence-electron chi connectivity index (χ1n) is 5.94. The van der Waals surface area contributed by atoms with Crippen molar-refractivity contribution in [1.82, 2.24) is 5.32 Å². The van der Waals surface area contributed by atoms with E-state index in [-0.39, 0.29) is 0 Å². The van der Waals surface area contributed by atoms with Crippen LogP contribution in [0.5, 0.6) is 0 Å². The van der Waals surface area contributed by atoms with Gasteiger partial charge in [-0.15, -0.1) is 0 Å². The summed E-state index contributed by atoms with van der Waals surface area (Å²) in [6, 6.07) is 11.6. The molecule has 82 valence electrons. The van der Waals surface area contributed by atoms with Crippen molar-refractivity contribution in [1.29, 1.82) is 0 Å². The Kier molecular flexibility index (Phi) is 2.83. The second-order valence-electron chi connectivity index (χ2n) is 5.13. The van der Waals surface area contributed by atoms with Crippen molar-refractivity contribution in [3.63, 3.8) is 0 Å². The van der Waals surface area contributed by atoms with Crippen molar-refractivity contribution in [3.8, 4) is 0 Å². The first-order chi connectivity index (χ1) is 7.16. The maximum atomic E-state index is 3.57. The largest absolute Gasteiger partial charge is 0.314 e. The van der Waals surface area contributed by atoms with Crippen LogP contribution in [-0.2, 0) is 0 Å². The summed E-state index contributed by atoms with van der Waals surface area (Å²) in [4.78, 5) is 0. The summed E-state index contributed by atoms with van der Waals surface area (Å²) in [7, 11) is 0. The maximum absolute atomic E-state index is 3.57. The molecule has 1 aromatic rings. The van der Waals surface area contributed by atoms with Gasteiger partial charge >= 0.3 is 0 Å². The van der Waals surface area contributed by atoms with E-state index in [1.165, 1.54) is 12.0 Å². The average molecular weight is 203 g/mol. The zero-order valence-corrected chi connectivity index (χ0v) is 9.96. The summed E-state index contributed by atoms with van der Waals surface area (Å²) >= 11 is 0. The van der Waals surface area contributed by atoms with Crippen LogP contribution in [0.2, 0.25) is 0 Å². The first kappa shape index (κ1) is 10.7. The summed E-state index contributed by atoms with van der Waals surface area (Å²) in [6.45, 7) is 8.02. The van der Waals surface area contributed by atoms with Gasteiger partial charge in [-0.3, -0.25) is 0 Å². The molecule has 0 heterocycles. The lowest BCUT2D eigenvalue weighted by Crippen LogP contribution is -2.55. The van der Waals surface area contributed by atoms with Crippen molar-refractivity contribution in [2.75, 3.05) is 6.54 Å². The molecule has 0 saturated heterocycles. The van der Waals surface area contributed by atoms with Gasteiger partial charge in [0.2, 0.25) is 0 Å². The Bertz CT molecular complexity index is 315. The van der Waals surface area contributed by atoms with Gasteiger partial charge in [0.1, 0.15) is 0 Å². The zero-order valence-electron chi connectivity index (χ0n) is 9.96. The van der Waals surface area contributed by atoms with Crippen LogP contribution in [0.3, 0.4) is 0 Å². The molecule has 1 aliphatic rings. The lowest BCUT2D eigenvalue weighted by atomic mass is 9.56. The van der Waals surface area contributed by atoms with Gasteiger partial charge in [-0.1, -0.05) is 51.1 Å². The molecule has 2 unspecified atom stereocenters. The normalized spacial score (nSPS) is 28.5. The molecule has 1 N–H and O–H groups in total. The standard InChI is InChI=1S/C14H21N/c1-4-15-13-10-12(14(13,2)3)11-8-6-5-7-9-11/h5-9,12-13,15H,4,10H2,1-3H3. The van der Waals surface area contributed by atoms with E-state index < -0.39 is 0 Å². The fourth-order valence-corrected chi connectivity index (χ4v) is 2.77. The minimum atomic E-state index is 0.400. The molecule has 1 aliphatic carbocycles. The number of nitrogens with one attached hydrogen (secondary N) is 1. The maximum Gasteiger partial charge on any atom is 0.0130 e. The summed E-state index contributed by atoms with van der Waals surface area (Å²) in [5.41, 5.74) is 1.90. The van der Waals surface area contributed by atoms with Gasteiger partial charge in [-0.2, -0.15) is 0 Å². The number of hydrogen-bond acceptors (Lipinski definition) is 1. The van der Waals surface area contributed by atoms with Crippen molar-refractivity contribution < 1.29 is 0 Å². The predicted molar refractivity (Wildman–Crippen MR) is 65.0 cm³/mol. The molecule has 1 heteroatoms. The van der Waals surface area contributed by atoms with Crippen LogP contribution < -0.4 is 5.32 Å². The molecule has 1 aromatic carbocycles. The third kappa shape index (κ3) is 1.81. The fourth-order valence-electron chi connectivity index (χ4n) is 2.77. The highest BCUT2D eigenvalue weighted by molar-refractivity contribution is 5.27. The van der Waals surface area contributed by atoms with Crippen molar-refractivity contribution in [3.05, 3.63) is 35.9 Å². The Morgan fingerprint density at radius 1 is 1.27 bits per heavy atom. The third-order valence-corrected chi connectivity index (χ3v) is 3.92. The summed E-state index contributed by atoms with van der Waals surface area (Å²) in [5.74, 6) is 0.725. The van der Waals surface area contributed by atoms with Crippen LogP contribution in [0.15, 0.2) is 30.3 Å². The molecule has 1 fully saturated rings. The van der Waals surface area contributed by atoms with Crippen LogP contribution in [0.25, 0.3) is 0 Å². The molecular weight excluding hydrogens is 182 g/mol. The van der Waals surface area contributed by atoms with E-state index in [1.807, 2.05) is 0 Å². The van der Waals surface area contributed by atoms with Crippen LogP contribution in [0.1, 0.15) is 38.7 Å². The van der Waals surface area contributed by atoms with Gasteiger partial charge in [-0.05, 0) is 29.9 Å². The molecule has 1 nitrogen and oxygen atoms in total. The molecule has 1 saturated carbocycles. The van der Waals surface area contributed by atoms with Crippen molar-refractivity contribution >= 4 is 0 Å². The van der Waals surface area contributed by atoms with Crippen molar-refractivity contribution in [2.45, 2.75) is 39.2 Å². The number of benzene rings is 1. The minimum absolute atomic E-state index is 0.400. The van der Waals surface area contributed by atoms with Gasteiger partial charge in [0.05, 0.1) is 0 Å². The van der Waals surface area contributed by atoms with Crippen LogP contribution in [-0.4, -0.2) is 12.6 Å². The molecular formula is C14H21N. The highest BCUT2D eigenvalue weighted by Gasteiger charge is 2.47. The van der Waals surface area contributed by atoms with Gasteiger partial charge < -0.3 is 5.32 Å². The SMILES string of the molecule is CCNC1CC(c2ccccc2)C1(C)C. The Labute approximate surface area is 92.9 Å². The van der Waals surface area contributed by atoms with Gasteiger partial charge in [0, 0.05) is 6.04 Å². The number of hydrogen-bond donors (Lipinski definition) is 1. The van der Waals surface area contributed by atoms with Gasteiger partial charge in [0.25, 0.3) is 0 Å². The Morgan fingerprint density at radius 3 is 2.47 bits per heavy atom. The fraction of sp³-hybridized carbons (Fsp3) is 0.571. The second-order valence-corrected chi connectivity index (χ2v) is 5.13. The summed E-state index contributed by atoms with van der Waals surface area (Å²) in [6.07, 6.45) is 1.28. The molecule has 0 radical (unpaired) electrons. The highest BCUT2D eigenvalue weighted by atomic mass is 15.0. The lowest BCUT2D eigenvalue weighted by molar-refractivity contribution is 0.0706. The smallest absolute Gasteiger partial charge is 0.0130 e. The Balaban J connectivity index is 2.09. The predicted octanol–water partition coefficient (Wildman–Crippen LogP) is 3.18. The number of rotatable bonds is 3. The summed E-state index contributed by atoms with van der Waals surface area (Å²) in [5, 5.41) is 3.57. The molecule has 2 rings (SSSR count). The monoisotopic (exact) mass is 203 g/mol. The molecule has 0 bridgehead atoms. The van der Waals surface area contributed by atoms with Crippen molar-refractivity contribution in [2.24, 2.45) is 5.41 Å². The lowest BCUT2D eigenvalue weighted by Gasteiger charge is -2.53. The van der Waals surface area contributed by atoms with Gasteiger partial charge in [-0.25, -0.2) is 0 Å². The van der Waals surface area contributed by atoms with Crippen LogP contribution >= 0.6 is 0 Å². The van der Waals surface area contributed by atoms with E-state index in [9.17, 15) is 0 Å². The van der Waals surface area contributed by atoms with Gasteiger partial charge in [0.15, 0.2) is 0 Å². The molecule has 0 spiro atoms. The quantitative estimate of drug-likeness (QED) is 0.795. The highest BCUT2D eigenvalue weighted by Crippen LogP contribution is 2.52. The van der Waals surface area contributed by atoms with E-state index in [0.717, 1.165) is 12.5 Å². The molecule has 0 aromatic heterocycles. The molecule has 0 aliphatic heterocycles. The minimum Gasteiger partial charge on any atom is -0.314 e. The van der Waals surface area contributed by atoms with Crippen LogP contribution in [0, 0.1) is 5.41 Å². The molecule has 15 heavy (non-hydrogen) atoms. The third-order valence-electron chi connectivity index (χ3n) is 3.92. The first-order valence-corrected chi connectivity index (χ1v) is 5.94. The van der Waals surface area contributed by atoms with E-state index in [0.29, 0.717) is 11.5 Å². The average Bonchev–Trinajstić information content (AvgIpc) is 2.25.